The van der Waals surface area contributed by atoms with Crippen LogP contribution in [0.2, 0.25) is 0 Å². The SMILES string of the molecule is O=C(Nc1ccc2c(c1)OCCO2)[C@@H]1CC(=O)N(c2n[nH]c3ccccc23)C1. The van der Waals surface area contributed by atoms with Crippen molar-refractivity contribution >= 4 is 34.2 Å². The first-order chi connectivity index (χ1) is 13.7. The van der Waals surface area contributed by atoms with Crippen LogP contribution in [0.1, 0.15) is 6.42 Å². The molecule has 0 saturated carbocycles. The van der Waals surface area contributed by atoms with E-state index >= 15 is 0 Å². The minimum atomic E-state index is -0.448. The average Bonchev–Trinajstić information content (AvgIpc) is 3.31. The number of nitrogens with zero attached hydrogens (tertiary/aromatic N) is 2. The van der Waals surface area contributed by atoms with E-state index in [0.29, 0.717) is 42.8 Å². The fourth-order valence-electron chi connectivity index (χ4n) is 3.61. The first kappa shape index (κ1) is 16.6. The van der Waals surface area contributed by atoms with Gasteiger partial charge in [-0.2, -0.15) is 5.10 Å². The molecule has 1 aromatic heterocycles. The smallest absolute Gasteiger partial charge is 0.229 e. The van der Waals surface area contributed by atoms with Crippen molar-refractivity contribution < 1.29 is 19.1 Å². The molecular weight excluding hydrogens is 360 g/mol. The molecular formula is C20H18N4O4. The van der Waals surface area contributed by atoms with Gasteiger partial charge in [0.05, 0.1) is 11.4 Å². The summed E-state index contributed by atoms with van der Waals surface area (Å²) in [6, 6.07) is 12.9. The number of aromatic amines is 1. The van der Waals surface area contributed by atoms with Crippen LogP contribution in [0.25, 0.3) is 10.9 Å². The zero-order chi connectivity index (χ0) is 19.1. The molecule has 3 aromatic rings. The first-order valence-corrected chi connectivity index (χ1v) is 9.13. The van der Waals surface area contributed by atoms with Gasteiger partial charge < -0.3 is 14.8 Å². The fourth-order valence-corrected chi connectivity index (χ4v) is 3.61. The van der Waals surface area contributed by atoms with E-state index < -0.39 is 5.92 Å². The van der Waals surface area contributed by atoms with Gasteiger partial charge in [-0.15, -0.1) is 0 Å². The van der Waals surface area contributed by atoms with Crippen molar-refractivity contribution in [2.24, 2.45) is 5.92 Å². The Hall–Kier alpha value is -3.55. The molecule has 0 radical (unpaired) electrons. The van der Waals surface area contributed by atoms with Crippen LogP contribution in [0.15, 0.2) is 42.5 Å². The maximum atomic E-state index is 12.7. The molecule has 2 aliphatic heterocycles. The van der Waals surface area contributed by atoms with Crippen molar-refractivity contribution in [2.75, 3.05) is 30.0 Å². The number of hydrogen-bond donors (Lipinski definition) is 2. The predicted octanol–water partition coefficient (Wildman–Crippen LogP) is 2.33. The summed E-state index contributed by atoms with van der Waals surface area (Å²) in [6.45, 7) is 1.29. The number of fused-ring (bicyclic) bond motifs is 2. The Morgan fingerprint density at radius 3 is 2.86 bits per heavy atom. The standard InChI is InChI=1S/C20H18N4O4/c25-18-9-12(11-24(18)19-14-3-1-2-4-15(14)22-23-19)20(26)21-13-5-6-16-17(10-13)28-8-7-27-16/h1-6,10,12H,7-9,11H2,(H,21,26)(H,22,23)/t12-/m1/s1. The lowest BCUT2D eigenvalue weighted by atomic mass is 10.1. The van der Waals surface area contributed by atoms with Crippen LogP contribution in [-0.4, -0.2) is 41.8 Å². The molecule has 142 valence electrons. The second-order valence-electron chi connectivity index (χ2n) is 6.85. The summed E-state index contributed by atoms with van der Waals surface area (Å²) in [6.07, 6.45) is 0.150. The molecule has 0 unspecified atom stereocenters. The Morgan fingerprint density at radius 1 is 1.14 bits per heavy atom. The molecule has 8 nitrogen and oxygen atoms in total. The van der Waals surface area contributed by atoms with Crippen LogP contribution in [0.4, 0.5) is 11.5 Å². The lowest BCUT2D eigenvalue weighted by Gasteiger charge is -2.19. The Bertz CT molecular complexity index is 1080. The number of hydrogen-bond acceptors (Lipinski definition) is 5. The van der Waals surface area contributed by atoms with E-state index in [4.69, 9.17) is 9.47 Å². The van der Waals surface area contributed by atoms with Crippen LogP contribution < -0.4 is 19.7 Å². The minimum Gasteiger partial charge on any atom is -0.486 e. The number of carbonyl (C=O) groups excluding carboxylic acids is 2. The number of aromatic nitrogens is 2. The van der Waals surface area contributed by atoms with Crippen molar-refractivity contribution in [2.45, 2.75) is 6.42 Å². The quantitative estimate of drug-likeness (QED) is 0.729. The van der Waals surface area contributed by atoms with Crippen molar-refractivity contribution in [3.05, 3.63) is 42.5 Å². The molecule has 5 rings (SSSR count). The highest BCUT2D eigenvalue weighted by molar-refractivity contribution is 6.07. The summed E-state index contributed by atoms with van der Waals surface area (Å²) in [5.74, 6) is 1.08. The summed E-state index contributed by atoms with van der Waals surface area (Å²) in [7, 11) is 0. The second kappa shape index (κ2) is 6.56. The zero-order valence-electron chi connectivity index (χ0n) is 15.0. The van der Waals surface area contributed by atoms with Gasteiger partial charge in [0, 0.05) is 30.1 Å². The predicted molar refractivity (Wildman–Crippen MR) is 103 cm³/mol. The molecule has 2 amide bonds. The third-order valence-corrected chi connectivity index (χ3v) is 5.01. The van der Waals surface area contributed by atoms with Gasteiger partial charge in [0.1, 0.15) is 13.2 Å². The number of rotatable bonds is 3. The molecule has 1 atom stereocenters. The lowest BCUT2D eigenvalue weighted by Crippen LogP contribution is -2.28. The van der Waals surface area contributed by atoms with Crippen molar-refractivity contribution in [1.82, 2.24) is 10.2 Å². The lowest BCUT2D eigenvalue weighted by molar-refractivity contribution is -0.122. The number of para-hydroxylation sites is 1. The molecule has 0 spiro atoms. The Balaban J connectivity index is 1.32. The van der Waals surface area contributed by atoms with Crippen LogP contribution in [-0.2, 0) is 9.59 Å². The van der Waals surface area contributed by atoms with Gasteiger partial charge in [0.25, 0.3) is 0 Å². The third-order valence-electron chi connectivity index (χ3n) is 5.01. The van der Waals surface area contributed by atoms with E-state index in [0.717, 1.165) is 10.9 Å². The first-order valence-electron chi connectivity index (χ1n) is 9.13. The van der Waals surface area contributed by atoms with Crippen molar-refractivity contribution in [1.29, 1.82) is 0 Å². The second-order valence-corrected chi connectivity index (χ2v) is 6.85. The number of nitrogens with one attached hydrogen (secondary N) is 2. The third kappa shape index (κ3) is 2.83. The fraction of sp³-hybridized carbons (Fsp3) is 0.250. The summed E-state index contributed by atoms with van der Waals surface area (Å²) in [5.41, 5.74) is 1.47. The van der Waals surface area contributed by atoms with Gasteiger partial charge in [0.15, 0.2) is 17.3 Å². The summed E-state index contributed by atoms with van der Waals surface area (Å²) >= 11 is 0. The average molecular weight is 378 g/mol. The Morgan fingerprint density at radius 2 is 1.96 bits per heavy atom. The number of anilines is 2. The highest BCUT2D eigenvalue weighted by Gasteiger charge is 2.37. The summed E-state index contributed by atoms with van der Waals surface area (Å²) < 4.78 is 11.0. The van der Waals surface area contributed by atoms with Crippen molar-refractivity contribution in [3.8, 4) is 11.5 Å². The molecule has 3 heterocycles. The summed E-state index contributed by atoms with van der Waals surface area (Å²) in [4.78, 5) is 26.8. The van der Waals surface area contributed by atoms with E-state index in [1.807, 2.05) is 24.3 Å². The number of amides is 2. The highest BCUT2D eigenvalue weighted by Crippen LogP contribution is 2.34. The number of H-pyrrole nitrogens is 1. The molecule has 2 N–H and O–H groups in total. The van der Waals surface area contributed by atoms with E-state index in [1.54, 1.807) is 23.1 Å². The van der Waals surface area contributed by atoms with E-state index in [9.17, 15) is 9.59 Å². The molecule has 2 aliphatic rings. The van der Waals surface area contributed by atoms with Gasteiger partial charge >= 0.3 is 0 Å². The van der Waals surface area contributed by atoms with Gasteiger partial charge in [-0.3, -0.25) is 19.6 Å². The molecule has 1 saturated heterocycles. The summed E-state index contributed by atoms with van der Waals surface area (Å²) in [5, 5.41) is 10.9. The maximum absolute atomic E-state index is 12.7. The van der Waals surface area contributed by atoms with Gasteiger partial charge in [-0.25, -0.2) is 0 Å². The number of benzene rings is 2. The van der Waals surface area contributed by atoms with Crippen LogP contribution in [0.5, 0.6) is 11.5 Å². The Kier molecular flexibility index (Phi) is 3.89. The van der Waals surface area contributed by atoms with Crippen LogP contribution >= 0.6 is 0 Å². The van der Waals surface area contributed by atoms with Crippen LogP contribution in [0.3, 0.4) is 0 Å². The van der Waals surface area contributed by atoms with E-state index in [2.05, 4.69) is 15.5 Å². The van der Waals surface area contributed by atoms with Gasteiger partial charge in [0.2, 0.25) is 11.8 Å². The maximum Gasteiger partial charge on any atom is 0.229 e. The van der Waals surface area contributed by atoms with Gasteiger partial charge in [-0.05, 0) is 24.3 Å². The zero-order valence-corrected chi connectivity index (χ0v) is 15.0. The van der Waals surface area contributed by atoms with E-state index in [-0.39, 0.29) is 18.2 Å². The number of carbonyl (C=O) groups is 2. The normalized spacial score (nSPS) is 18.5. The highest BCUT2D eigenvalue weighted by atomic mass is 16.6. The molecule has 1 fully saturated rings. The minimum absolute atomic E-state index is 0.112. The largest absolute Gasteiger partial charge is 0.486 e. The monoisotopic (exact) mass is 378 g/mol. The Labute approximate surface area is 160 Å². The molecule has 0 aliphatic carbocycles. The topological polar surface area (TPSA) is 96.5 Å². The molecule has 0 bridgehead atoms. The van der Waals surface area contributed by atoms with Crippen LogP contribution in [0, 0.1) is 5.92 Å². The molecule has 2 aromatic carbocycles. The van der Waals surface area contributed by atoms with Gasteiger partial charge in [-0.1, -0.05) is 12.1 Å². The molecule has 8 heteroatoms. The van der Waals surface area contributed by atoms with E-state index in [1.165, 1.54) is 0 Å². The van der Waals surface area contributed by atoms with Crippen molar-refractivity contribution in [3.63, 3.8) is 0 Å². The number of ether oxygens (including phenoxy) is 2. The molecule has 28 heavy (non-hydrogen) atoms.